The van der Waals surface area contributed by atoms with Crippen molar-refractivity contribution < 1.29 is 0 Å². The maximum atomic E-state index is 4.08. The van der Waals surface area contributed by atoms with Crippen molar-refractivity contribution in [1.82, 2.24) is 10.2 Å². The molecule has 1 aromatic rings. The minimum absolute atomic E-state index is 0.428. The molecule has 0 aliphatic heterocycles. The van der Waals surface area contributed by atoms with Crippen molar-refractivity contribution in [1.29, 1.82) is 0 Å². The minimum atomic E-state index is 0.428. The van der Waals surface area contributed by atoms with Crippen LogP contribution < -0.4 is 0 Å². The molecule has 0 saturated heterocycles. The molecular formula is C8H11BrN2. The maximum Gasteiger partial charge on any atom is 0.0798 e. The lowest BCUT2D eigenvalue weighted by Gasteiger charge is -2.05. The zero-order chi connectivity index (χ0) is 8.43. The van der Waals surface area contributed by atoms with Gasteiger partial charge in [0.2, 0.25) is 0 Å². The molecule has 0 N–H and O–H groups in total. The predicted molar refractivity (Wildman–Crippen MR) is 48.6 cm³/mol. The summed E-state index contributed by atoms with van der Waals surface area (Å²) >= 11 is 3.45. The van der Waals surface area contributed by atoms with E-state index >= 15 is 0 Å². The third-order valence-corrected chi connectivity index (χ3v) is 2.08. The Hall–Kier alpha value is -0.440. The van der Waals surface area contributed by atoms with E-state index in [1.165, 1.54) is 0 Å². The van der Waals surface area contributed by atoms with Gasteiger partial charge < -0.3 is 0 Å². The third kappa shape index (κ3) is 1.99. The van der Waals surface area contributed by atoms with E-state index in [4.69, 9.17) is 0 Å². The Balaban J connectivity index is 3.09. The van der Waals surface area contributed by atoms with Crippen LogP contribution in [0.5, 0.6) is 0 Å². The number of rotatable bonds is 1. The monoisotopic (exact) mass is 214 g/mol. The van der Waals surface area contributed by atoms with E-state index in [9.17, 15) is 0 Å². The van der Waals surface area contributed by atoms with Crippen LogP contribution >= 0.6 is 15.9 Å². The summed E-state index contributed by atoms with van der Waals surface area (Å²) in [4.78, 5) is 0. The molecule has 1 aromatic heterocycles. The van der Waals surface area contributed by atoms with E-state index in [-0.39, 0.29) is 0 Å². The fourth-order valence-electron chi connectivity index (χ4n) is 0.858. The van der Waals surface area contributed by atoms with E-state index in [0.29, 0.717) is 5.92 Å². The third-order valence-electron chi connectivity index (χ3n) is 1.44. The molecule has 0 unspecified atom stereocenters. The van der Waals surface area contributed by atoms with Crippen molar-refractivity contribution in [2.24, 2.45) is 0 Å². The highest BCUT2D eigenvalue weighted by Gasteiger charge is 2.06. The first kappa shape index (κ1) is 8.65. The van der Waals surface area contributed by atoms with Crippen LogP contribution in [-0.2, 0) is 0 Å². The van der Waals surface area contributed by atoms with E-state index in [2.05, 4.69) is 40.0 Å². The Labute approximate surface area is 75.2 Å². The second kappa shape index (κ2) is 3.30. The standard InChI is InChI=1S/C8H11BrN2/c1-5(2)8-7(9)4-6(3)10-11-8/h4-5H,1-3H3. The Morgan fingerprint density at radius 2 is 2.00 bits per heavy atom. The number of hydrogen-bond acceptors (Lipinski definition) is 2. The van der Waals surface area contributed by atoms with Crippen molar-refractivity contribution in [2.45, 2.75) is 26.7 Å². The zero-order valence-electron chi connectivity index (χ0n) is 6.93. The molecule has 0 saturated carbocycles. The van der Waals surface area contributed by atoms with E-state index in [0.717, 1.165) is 15.9 Å². The quantitative estimate of drug-likeness (QED) is 0.719. The lowest BCUT2D eigenvalue weighted by atomic mass is 10.1. The van der Waals surface area contributed by atoms with Gasteiger partial charge in [-0.05, 0) is 34.8 Å². The molecular weight excluding hydrogens is 204 g/mol. The van der Waals surface area contributed by atoms with Crippen molar-refractivity contribution in [3.8, 4) is 0 Å². The maximum absolute atomic E-state index is 4.08. The molecule has 2 nitrogen and oxygen atoms in total. The number of hydrogen-bond donors (Lipinski definition) is 0. The van der Waals surface area contributed by atoms with Gasteiger partial charge in [-0.1, -0.05) is 13.8 Å². The molecule has 0 aliphatic rings. The van der Waals surface area contributed by atoms with Gasteiger partial charge in [0, 0.05) is 4.47 Å². The molecule has 0 aromatic carbocycles. The highest BCUT2D eigenvalue weighted by atomic mass is 79.9. The van der Waals surface area contributed by atoms with Crippen molar-refractivity contribution in [2.75, 3.05) is 0 Å². The van der Waals surface area contributed by atoms with E-state index < -0.39 is 0 Å². The molecule has 0 radical (unpaired) electrons. The summed E-state index contributed by atoms with van der Waals surface area (Å²) < 4.78 is 1.06. The first-order valence-corrected chi connectivity index (χ1v) is 4.40. The van der Waals surface area contributed by atoms with Crippen molar-refractivity contribution in [3.63, 3.8) is 0 Å². The van der Waals surface area contributed by atoms with Crippen LogP contribution in [-0.4, -0.2) is 10.2 Å². The zero-order valence-corrected chi connectivity index (χ0v) is 8.51. The Morgan fingerprint density at radius 1 is 1.36 bits per heavy atom. The number of nitrogens with zero attached hydrogens (tertiary/aromatic N) is 2. The molecule has 60 valence electrons. The molecule has 3 heteroatoms. The summed E-state index contributed by atoms with van der Waals surface area (Å²) in [6.45, 7) is 6.14. The van der Waals surface area contributed by atoms with Crippen LogP contribution in [0.2, 0.25) is 0 Å². The highest BCUT2D eigenvalue weighted by Crippen LogP contribution is 2.21. The Bertz CT molecular complexity index is 258. The molecule has 0 aliphatic carbocycles. The van der Waals surface area contributed by atoms with Gasteiger partial charge >= 0.3 is 0 Å². The molecule has 0 fully saturated rings. The molecule has 0 spiro atoms. The molecule has 0 atom stereocenters. The average molecular weight is 215 g/mol. The van der Waals surface area contributed by atoms with Gasteiger partial charge in [-0.25, -0.2) is 0 Å². The Kier molecular flexibility index (Phi) is 2.60. The molecule has 0 amide bonds. The highest BCUT2D eigenvalue weighted by molar-refractivity contribution is 9.10. The summed E-state index contributed by atoms with van der Waals surface area (Å²) in [7, 11) is 0. The fourth-order valence-corrected chi connectivity index (χ4v) is 1.73. The number of aromatic nitrogens is 2. The van der Waals surface area contributed by atoms with Crippen molar-refractivity contribution >= 4 is 15.9 Å². The number of halogens is 1. The van der Waals surface area contributed by atoms with Crippen LogP contribution in [0.3, 0.4) is 0 Å². The largest absolute Gasteiger partial charge is 0.156 e. The topological polar surface area (TPSA) is 25.8 Å². The molecule has 0 bridgehead atoms. The lowest BCUT2D eigenvalue weighted by molar-refractivity contribution is 0.770. The van der Waals surface area contributed by atoms with Gasteiger partial charge in [0.05, 0.1) is 11.4 Å². The summed E-state index contributed by atoms with van der Waals surface area (Å²) in [6.07, 6.45) is 0. The van der Waals surface area contributed by atoms with Gasteiger partial charge in [0.25, 0.3) is 0 Å². The van der Waals surface area contributed by atoms with Crippen LogP contribution in [0.4, 0.5) is 0 Å². The van der Waals surface area contributed by atoms with Crippen molar-refractivity contribution in [3.05, 3.63) is 21.9 Å². The Morgan fingerprint density at radius 3 is 2.45 bits per heavy atom. The smallest absolute Gasteiger partial charge is 0.0798 e. The normalized spacial score (nSPS) is 10.6. The van der Waals surface area contributed by atoms with Crippen LogP contribution in [0.15, 0.2) is 10.5 Å². The summed E-state index contributed by atoms with van der Waals surface area (Å²) in [5, 5.41) is 8.06. The first-order chi connectivity index (χ1) is 5.11. The first-order valence-electron chi connectivity index (χ1n) is 3.61. The second-order valence-corrected chi connectivity index (χ2v) is 3.73. The lowest BCUT2D eigenvalue weighted by Crippen LogP contribution is -1.97. The molecule has 1 rings (SSSR count). The van der Waals surface area contributed by atoms with E-state index in [1.807, 2.05) is 13.0 Å². The summed E-state index contributed by atoms with van der Waals surface area (Å²) in [6, 6.07) is 1.99. The SMILES string of the molecule is Cc1cc(Br)c(C(C)C)nn1. The minimum Gasteiger partial charge on any atom is -0.156 e. The molecule has 11 heavy (non-hydrogen) atoms. The van der Waals surface area contributed by atoms with Gasteiger partial charge in [-0.3, -0.25) is 0 Å². The van der Waals surface area contributed by atoms with Gasteiger partial charge in [-0.2, -0.15) is 10.2 Å². The van der Waals surface area contributed by atoms with Crippen LogP contribution in [0, 0.1) is 6.92 Å². The van der Waals surface area contributed by atoms with E-state index in [1.54, 1.807) is 0 Å². The summed E-state index contributed by atoms with van der Waals surface area (Å²) in [5.74, 6) is 0.428. The second-order valence-electron chi connectivity index (χ2n) is 2.87. The fraction of sp³-hybridized carbons (Fsp3) is 0.500. The number of aryl methyl sites for hydroxylation is 1. The van der Waals surface area contributed by atoms with Gasteiger partial charge in [-0.15, -0.1) is 0 Å². The molecule has 1 heterocycles. The summed E-state index contributed by atoms with van der Waals surface area (Å²) in [5.41, 5.74) is 1.97. The predicted octanol–water partition coefficient (Wildman–Crippen LogP) is 2.67. The van der Waals surface area contributed by atoms with Crippen LogP contribution in [0.25, 0.3) is 0 Å². The van der Waals surface area contributed by atoms with Crippen LogP contribution in [0.1, 0.15) is 31.2 Å². The average Bonchev–Trinajstić information content (AvgIpc) is 1.85. The van der Waals surface area contributed by atoms with Gasteiger partial charge in [0.15, 0.2) is 0 Å². The van der Waals surface area contributed by atoms with Gasteiger partial charge in [0.1, 0.15) is 0 Å².